The van der Waals surface area contributed by atoms with Gasteiger partial charge in [-0.2, -0.15) is 0 Å². The van der Waals surface area contributed by atoms with E-state index in [0.717, 1.165) is 0 Å². The van der Waals surface area contributed by atoms with Gasteiger partial charge in [0.05, 0.1) is 16.8 Å². The van der Waals surface area contributed by atoms with Crippen LogP contribution in [0.4, 0.5) is 11.4 Å². The van der Waals surface area contributed by atoms with Gasteiger partial charge in [0.1, 0.15) is 11.5 Å². The van der Waals surface area contributed by atoms with Gasteiger partial charge >= 0.3 is 0 Å². The molecule has 0 saturated heterocycles. The molecule has 0 unspecified atom stereocenters. The molecule has 3 aromatic carbocycles. The minimum atomic E-state index is -0.387. The van der Waals surface area contributed by atoms with Gasteiger partial charge < -0.3 is 15.5 Å². The molecule has 0 spiro atoms. The van der Waals surface area contributed by atoms with Crippen LogP contribution in [0.1, 0.15) is 31.8 Å². The van der Waals surface area contributed by atoms with Gasteiger partial charge in [0.25, 0.3) is 0 Å². The Morgan fingerprint density at radius 3 is 2.08 bits per heavy atom. The van der Waals surface area contributed by atoms with Crippen LogP contribution < -0.4 is 5.32 Å². The summed E-state index contributed by atoms with van der Waals surface area (Å²) in [5.74, 6) is -0.874. The van der Waals surface area contributed by atoms with Crippen LogP contribution >= 0.6 is 0 Å². The number of nitrogens with one attached hydrogen (secondary N) is 1. The molecule has 0 saturated carbocycles. The average Bonchev–Trinajstić information content (AvgIpc) is 2.61. The second kappa shape index (κ2) is 5.49. The third kappa shape index (κ3) is 2.33. The molecular weight excluding hydrogens is 318 g/mol. The molecular formula is C20H13NO4. The van der Waals surface area contributed by atoms with Crippen LogP contribution in [-0.4, -0.2) is 21.8 Å². The number of carbonyl (C=O) groups excluding carboxylic acids is 2. The highest BCUT2D eigenvalue weighted by Gasteiger charge is 2.33. The first-order valence-corrected chi connectivity index (χ1v) is 7.66. The fourth-order valence-electron chi connectivity index (χ4n) is 3.05. The predicted molar refractivity (Wildman–Crippen MR) is 92.8 cm³/mol. The van der Waals surface area contributed by atoms with E-state index in [0.29, 0.717) is 16.9 Å². The summed E-state index contributed by atoms with van der Waals surface area (Å²) in [6.45, 7) is 0. The minimum Gasteiger partial charge on any atom is -0.508 e. The molecule has 5 nitrogen and oxygen atoms in total. The summed E-state index contributed by atoms with van der Waals surface area (Å²) >= 11 is 0. The maximum atomic E-state index is 12.9. The van der Waals surface area contributed by atoms with Gasteiger partial charge in [-0.05, 0) is 24.3 Å². The Bertz CT molecular complexity index is 1040. The topological polar surface area (TPSA) is 86.6 Å². The summed E-state index contributed by atoms with van der Waals surface area (Å²) in [6, 6.07) is 15.9. The first-order valence-electron chi connectivity index (χ1n) is 7.66. The quantitative estimate of drug-likeness (QED) is 0.488. The Morgan fingerprint density at radius 1 is 0.720 bits per heavy atom. The number of ketones is 2. The SMILES string of the molecule is O=C1c2ccccc2C(=O)c2c(Nc3cccc(O)c3)ccc(O)c21. The van der Waals surface area contributed by atoms with Gasteiger partial charge in [-0.1, -0.05) is 30.3 Å². The molecule has 0 radical (unpaired) electrons. The largest absolute Gasteiger partial charge is 0.508 e. The maximum Gasteiger partial charge on any atom is 0.198 e. The molecule has 0 aromatic heterocycles. The van der Waals surface area contributed by atoms with Crippen molar-refractivity contribution >= 4 is 22.9 Å². The van der Waals surface area contributed by atoms with Crippen LogP contribution in [0.5, 0.6) is 11.5 Å². The van der Waals surface area contributed by atoms with Crippen LogP contribution in [-0.2, 0) is 0 Å². The van der Waals surface area contributed by atoms with E-state index < -0.39 is 0 Å². The van der Waals surface area contributed by atoms with Crippen molar-refractivity contribution in [1.82, 2.24) is 0 Å². The summed E-state index contributed by atoms with van der Waals surface area (Å²) < 4.78 is 0. The van der Waals surface area contributed by atoms with Crippen molar-refractivity contribution in [2.24, 2.45) is 0 Å². The van der Waals surface area contributed by atoms with Crippen molar-refractivity contribution < 1.29 is 19.8 Å². The molecule has 4 rings (SSSR count). The number of phenols is 2. The van der Waals surface area contributed by atoms with Crippen molar-refractivity contribution in [2.75, 3.05) is 5.32 Å². The van der Waals surface area contributed by atoms with E-state index in [2.05, 4.69) is 5.32 Å². The summed E-state index contributed by atoms with van der Waals surface area (Å²) in [4.78, 5) is 25.7. The number of anilines is 2. The summed E-state index contributed by atoms with van der Waals surface area (Å²) in [6.07, 6.45) is 0. The number of fused-ring (bicyclic) bond motifs is 2. The third-order valence-electron chi connectivity index (χ3n) is 4.18. The van der Waals surface area contributed by atoms with Gasteiger partial charge in [-0.25, -0.2) is 0 Å². The molecule has 122 valence electrons. The summed E-state index contributed by atoms with van der Waals surface area (Å²) in [5, 5.41) is 22.8. The van der Waals surface area contributed by atoms with Crippen molar-refractivity contribution in [3.8, 4) is 11.5 Å². The van der Waals surface area contributed by atoms with E-state index in [1.54, 1.807) is 36.4 Å². The Kier molecular flexibility index (Phi) is 3.28. The number of rotatable bonds is 2. The smallest absolute Gasteiger partial charge is 0.198 e. The molecule has 5 heteroatoms. The van der Waals surface area contributed by atoms with E-state index in [9.17, 15) is 19.8 Å². The van der Waals surface area contributed by atoms with Crippen molar-refractivity contribution in [3.05, 3.63) is 82.9 Å². The molecule has 25 heavy (non-hydrogen) atoms. The standard InChI is InChI=1S/C20H13NO4/c22-12-5-3-4-11(10-12)21-15-8-9-16(23)18-17(15)19(24)13-6-1-2-7-14(13)20(18)25/h1-10,21-23H. The average molecular weight is 331 g/mol. The monoisotopic (exact) mass is 331 g/mol. The lowest BCUT2D eigenvalue weighted by atomic mass is 9.82. The zero-order valence-electron chi connectivity index (χ0n) is 13.0. The van der Waals surface area contributed by atoms with E-state index >= 15 is 0 Å². The highest BCUT2D eigenvalue weighted by Crippen LogP contribution is 2.38. The highest BCUT2D eigenvalue weighted by molar-refractivity contribution is 6.31. The van der Waals surface area contributed by atoms with Crippen molar-refractivity contribution in [2.45, 2.75) is 0 Å². The molecule has 0 atom stereocenters. The van der Waals surface area contributed by atoms with Crippen molar-refractivity contribution in [3.63, 3.8) is 0 Å². The normalized spacial score (nSPS) is 12.5. The number of benzene rings is 3. The van der Waals surface area contributed by atoms with E-state index in [1.807, 2.05) is 0 Å². The van der Waals surface area contributed by atoms with Crippen LogP contribution in [0, 0.1) is 0 Å². The zero-order valence-corrected chi connectivity index (χ0v) is 13.0. The molecule has 3 N–H and O–H groups in total. The summed E-state index contributed by atoms with van der Waals surface area (Å²) in [5.41, 5.74) is 1.67. The second-order valence-electron chi connectivity index (χ2n) is 5.76. The number of aromatic hydroxyl groups is 2. The minimum absolute atomic E-state index is 0.00569. The Balaban J connectivity index is 1.90. The molecule has 0 amide bonds. The molecule has 0 bridgehead atoms. The fraction of sp³-hybridized carbons (Fsp3) is 0. The van der Waals surface area contributed by atoms with Crippen LogP contribution in [0.15, 0.2) is 60.7 Å². The van der Waals surface area contributed by atoms with Crippen LogP contribution in [0.3, 0.4) is 0 Å². The lowest BCUT2D eigenvalue weighted by Gasteiger charge is -2.21. The molecule has 1 aliphatic carbocycles. The van der Waals surface area contributed by atoms with Gasteiger partial charge in [-0.15, -0.1) is 0 Å². The lowest BCUT2D eigenvalue weighted by molar-refractivity contribution is 0.0977. The van der Waals surface area contributed by atoms with E-state index in [-0.39, 0.29) is 39.8 Å². The van der Waals surface area contributed by atoms with Crippen LogP contribution in [0.25, 0.3) is 0 Å². The van der Waals surface area contributed by atoms with Crippen molar-refractivity contribution in [1.29, 1.82) is 0 Å². The molecule has 3 aromatic rings. The maximum absolute atomic E-state index is 12.9. The number of carbonyl (C=O) groups is 2. The van der Waals surface area contributed by atoms with E-state index in [1.165, 1.54) is 24.3 Å². The number of hydrogen-bond donors (Lipinski definition) is 3. The fourth-order valence-corrected chi connectivity index (χ4v) is 3.05. The third-order valence-corrected chi connectivity index (χ3v) is 4.18. The molecule has 1 aliphatic rings. The highest BCUT2D eigenvalue weighted by atomic mass is 16.3. The number of phenolic OH excluding ortho intramolecular Hbond substituents is 2. The molecule has 0 heterocycles. The van der Waals surface area contributed by atoms with E-state index in [4.69, 9.17) is 0 Å². The Labute approximate surface area is 143 Å². The van der Waals surface area contributed by atoms with Gasteiger partial charge in [0, 0.05) is 22.9 Å². The second-order valence-corrected chi connectivity index (χ2v) is 5.76. The molecule has 0 aliphatic heterocycles. The number of hydrogen-bond acceptors (Lipinski definition) is 5. The first-order chi connectivity index (χ1) is 12.1. The zero-order chi connectivity index (χ0) is 17.6. The van der Waals surface area contributed by atoms with Gasteiger partial charge in [-0.3, -0.25) is 9.59 Å². The lowest BCUT2D eigenvalue weighted by Crippen LogP contribution is -2.22. The summed E-state index contributed by atoms with van der Waals surface area (Å²) in [7, 11) is 0. The van der Waals surface area contributed by atoms with Crippen LogP contribution in [0.2, 0.25) is 0 Å². The van der Waals surface area contributed by atoms with Gasteiger partial charge in [0.15, 0.2) is 11.6 Å². The van der Waals surface area contributed by atoms with Gasteiger partial charge in [0.2, 0.25) is 0 Å². The Hall–Kier alpha value is -3.60. The Morgan fingerprint density at radius 2 is 1.40 bits per heavy atom. The molecule has 0 fully saturated rings. The first kappa shape index (κ1) is 15.0. The predicted octanol–water partition coefficient (Wildman–Crippen LogP) is 3.62.